The Bertz CT molecular complexity index is 631. The normalized spacial score (nSPS) is 20.4. The number of hydrogen-bond donors (Lipinski definition) is 1. The predicted molar refractivity (Wildman–Crippen MR) is 92.4 cm³/mol. The largest absolute Gasteiger partial charge is 0.379 e. The van der Waals surface area contributed by atoms with Crippen LogP contribution in [0.5, 0.6) is 0 Å². The van der Waals surface area contributed by atoms with Gasteiger partial charge in [-0.25, -0.2) is 9.37 Å². The fraction of sp³-hybridized carbons (Fsp3) is 0.471. The Morgan fingerprint density at radius 2 is 2.22 bits per heavy atom. The van der Waals surface area contributed by atoms with Crippen LogP contribution in [0.1, 0.15) is 13.8 Å². The molecular weight excluding hydrogens is 313 g/mol. The summed E-state index contributed by atoms with van der Waals surface area (Å²) in [5.41, 5.74) is 1.82. The number of morpholine rings is 1. The highest BCUT2D eigenvalue weighted by Crippen LogP contribution is 2.25. The third kappa shape index (κ3) is 4.07. The number of nitrogens with one attached hydrogen (secondary N) is 1. The van der Waals surface area contributed by atoms with E-state index in [1.165, 1.54) is 12.1 Å². The molecule has 1 aromatic heterocycles. The highest BCUT2D eigenvalue weighted by Gasteiger charge is 2.23. The Morgan fingerprint density at radius 1 is 1.43 bits per heavy atom. The van der Waals surface area contributed by atoms with Crippen molar-refractivity contribution in [2.24, 2.45) is 0 Å². The standard InChI is InChI=1S/C17H22FN3OS/c1-12(21-7-8-22-10-13(21)2)9-19-17-20-16(11-23-17)14-3-5-15(18)6-4-14/h3-6,11-13H,7-10H2,1-2H3,(H,19,20). The molecule has 1 saturated heterocycles. The van der Waals surface area contributed by atoms with Crippen LogP contribution in [0, 0.1) is 5.82 Å². The maximum atomic E-state index is 13.0. The molecule has 0 radical (unpaired) electrons. The molecule has 1 N–H and O–H groups in total. The van der Waals surface area contributed by atoms with Crippen LogP contribution in [0.25, 0.3) is 11.3 Å². The van der Waals surface area contributed by atoms with Crippen LogP contribution in [0.15, 0.2) is 29.6 Å². The molecule has 4 nitrogen and oxygen atoms in total. The number of ether oxygens (including phenoxy) is 1. The Hall–Kier alpha value is -1.50. The Labute approximate surface area is 140 Å². The number of halogens is 1. The van der Waals surface area contributed by atoms with Gasteiger partial charge in [-0.3, -0.25) is 4.90 Å². The lowest BCUT2D eigenvalue weighted by Gasteiger charge is -2.37. The van der Waals surface area contributed by atoms with Crippen molar-refractivity contribution in [3.63, 3.8) is 0 Å². The smallest absolute Gasteiger partial charge is 0.183 e. The van der Waals surface area contributed by atoms with Crippen LogP contribution in [0.2, 0.25) is 0 Å². The molecular formula is C17H22FN3OS. The first-order valence-corrected chi connectivity index (χ1v) is 8.80. The average Bonchev–Trinajstić information content (AvgIpc) is 3.03. The molecule has 2 unspecified atom stereocenters. The lowest BCUT2D eigenvalue weighted by molar-refractivity contribution is -0.0159. The van der Waals surface area contributed by atoms with Crippen molar-refractivity contribution in [2.75, 3.05) is 31.6 Å². The lowest BCUT2D eigenvalue weighted by Crippen LogP contribution is -2.50. The molecule has 0 bridgehead atoms. The summed E-state index contributed by atoms with van der Waals surface area (Å²) >= 11 is 1.58. The fourth-order valence-electron chi connectivity index (χ4n) is 2.86. The first kappa shape index (κ1) is 16.4. The SMILES string of the molecule is CC(CNc1nc(-c2ccc(F)cc2)cs1)N1CCOCC1C. The van der Waals surface area contributed by atoms with Crippen molar-refractivity contribution in [3.05, 3.63) is 35.5 Å². The molecule has 2 aromatic rings. The van der Waals surface area contributed by atoms with Gasteiger partial charge in [-0.05, 0) is 38.1 Å². The monoisotopic (exact) mass is 335 g/mol. The molecule has 2 atom stereocenters. The van der Waals surface area contributed by atoms with Crippen molar-refractivity contribution in [2.45, 2.75) is 25.9 Å². The predicted octanol–water partition coefficient (Wildman–Crippen LogP) is 3.47. The second-order valence-corrected chi connectivity index (χ2v) is 6.79. The Morgan fingerprint density at radius 3 is 2.96 bits per heavy atom. The first-order valence-electron chi connectivity index (χ1n) is 7.92. The summed E-state index contributed by atoms with van der Waals surface area (Å²) in [6.07, 6.45) is 0. The summed E-state index contributed by atoms with van der Waals surface area (Å²) in [4.78, 5) is 7.05. The highest BCUT2D eigenvalue weighted by atomic mass is 32.1. The van der Waals surface area contributed by atoms with Gasteiger partial charge in [0.15, 0.2) is 5.13 Å². The summed E-state index contributed by atoms with van der Waals surface area (Å²) in [5.74, 6) is -0.226. The molecule has 0 aliphatic carbocycles. The van der Waals surface area contributed by atoms with Crippen LogP contribution in [0.3, 0.4) is 0 Å². The van der Waals surface area contributed by atoms with E-state index in [0.29, 0.717) is 12.1 Å². The zero-order chi connectivity index (χ0) is 16.2. The summed E-state index contributed by atoms with van der Waals surface area (Å²) in [5, 5.41) is 6.31. The van der Waals surface area contributed by atoms with Gasteiger partial charge in [-0.2, -0.15) is 0 Å². The van der Waals surface area contributed by atoms with Gasteiger partial charge in [0.05, 0.1) is 18.9 Å². The molecule has 0 saturated carbocycles. The molecule has 3 rings (SSSR count). The zero-order valence-corrected chi connectivity index (χ0v) is 14.3. The third-order valence-corrected chi connectivity index (χ3v) is 4.98. The van der Waals surface area contributed by atoms with E-state index < -0.39 is 0 Å². The van der Waals surface area contributed by atoms with E-state index in [-0.39, 0.29) is 5.82 Å². The van der Waals surface area contributed by atoms with Crippen molar-refractivity contribution in [3.8, 4) is 11.3 Å². The highest BCUT2D eigenvalue weighted by molar-refractivity contribution is 7.14. The molecule has 2 heterocycles. The van der Waals surface area contributed by atoms with Gasteiger partial charge in [-0.15, -0.1) is 11.3 Å². The van der Waals surface area contributed by atoms with Gasteiger partial charge in [0.1, 0.15) is 5.82 Å². The number of thiazole rings is 1. The minimum absolute atomic E-state index is 0.226. The third-order valence-electron chi connectivity index (χ3n) is 4.18. The van der Waals surface area contributed by atoms with E-state index in [1.54, 1.807) is 23.5 Å². The molecule has 1 fully saturated rings. The van der Waals surface area contributed by atoms with Crippen molar-refractivity contribution >= 4 is 16.5 Å². The van der Waals surface area contributed by atoms with Gasteiger partial charge in [0.2, 0.25) is 0 Å². The van der Waals surface area contributed by atoms with Gasteiger partial charge in [0.25, 0.3) is 0 Å². The van der Waals surface area contributed by atoms with E-state index >= 15 is 0 Å². The first-order chi connectivity index (χ1) is 11.1. The number of anilines is 1. The van der Waals surface area contributed by atoms with E-state index in [0.717, 1.165) is 42.7 Å². The maximum Gasteiger partial charge on any atom is 0.183 e. The number of benzene rings is 1. The van der Waals surface area contributed by atoms with Gasteiger partial charge >= 0.3 is 0 Å². The maximum absolute atomic E-state index is 13.0. The van der Waals surface area contributed by atoms with Crippen LogP contribution in [-0.2, 0) is 4.74 Å². The number of nitrogens with zero attached hydrogens (tertiary/aromatic N) is 2. The fourth-order valence-corrected chi connectivity index (χ4v) is 3.58. The second-order valence-electron chi connectivity index (χ2n) is 5.94. The van der Waals surface area contributed by atoms with Crippen LogP contribution in [-0.4, -0.2) is 48.3 Å². The summed E-state index contributed by atoms with van der Waals surface area (Å²) in [6.45, 7) is 7.86. The van der Waals surface area contributed by atoms with Gasteiger partial charge in [0, 0.05) is 36.1 Å². The molecule has 6 heteroatoms. The molecule has 124 valence electrons. The molecule has 1 aromatic carbocycles. The molecule has 1 aliphatic rings. The van der Waals surface area contributed by atoms with Gasteiger partial charge < -0.3 is 10.1 Å². The molecule has 23 heavy (non-hydrogen) atoms. The number of aromatic nitrogens is 1. The summed E-state index contributed by atoms with van der Waals surface area (Å²) in [7, 11) is 0. The second kappa shape index (κ2) is 7.38. The molecule has 0 spiro atoms. The topological polar surface area (TPSA) is 37.4 Å². The van der Waals surface area contributed by atoms with Crippen LogP contribution < -0.4 is 5.32 Å². The van der Waals surface area contributed by atoms with Crippen molar-refractivity contribution in [1.29, 1.82) is 0 Å². The quantitative estimate of drug-likeness (QED) is 0.908. The van der Waals surface area contributed by atoms with Crippen molar-refractivity contribution in [1.82, 2.24) is 9.88 Å². The van der Waals surface area contributed by atoms with Crippen LogP contribution in [0.4, 0.5) is 9.52 Å². The van der Waals surface area contributed by atoms with Crippen molar-refractivity contribution < 1.29 is 9.13 Å². The zero-order valence-electron chi connectivity index (χ0n) is 13.5. The molecule has 1 aliphatic heterocycles. The van der Waals surface area contributed by atoms with Gasteiger partial charge in [-0.1, -0.05) is 0 Å². The van der Waals surface area contributed by atoms with Crippen LogP contribution >= 0.6 is 11.3 Å². The minimum atomic E-state index is -0.226. The summed E-state index contributed by atoms with van der Waals surface area (Å²) in [6, 6.07) is 7.31. The van der Waals surface area contributed by atoms with E-state index in [9.17, 15) is 4.39 Å². The van der Waals surface area contributed by atoms with E-state index in [1.807, 2.05) is 5.38 Å². The minimum Gasteiger partial charge on any atom is -0.379 e. The Balaban J connectivity index is 1.57. The van der Waals surface area contributed by atoms with E-state index in [2.05, 4.69) is 29.0 Å². The molecule has 0 amide bonds. The number of hydrogen-bond acceptors (Lipinski definition) is 5. The lowest BCUT2D eigenvalue weighted by atomic mass is 10.2. The number of rotatable bonds is 5. The average molecular weight is 335 g/mol. The van der Waals surface area contributed by atoms with E-state index in [4.69, 9.17) is 4.74 Å². The summed E-state index contributed by atoms with van der Waals surface area (Å²) < 4.78 is 18.5. The Kier molecular flexibility index (Phi) is 5.25.